The van der Waals surface area contributed by atoms with Crippen LogP contribution in [0.5, 0.6) is 0 Å². The first kappa shape index (κ1) is 15.6. The molecule has 1 aliphatic rings. The van der Waals surface area contributed by atoms with E-state index in [2.05, 4.69) is 4.74 Å². The van der Waals surface area contributed by atoms with Gasteiger partial charge in [-0.15, -0.1) is 0 Å². The molecule has 1 fully saturated rings. The number of carbonyl (C=O) groups excluding carboxylic acids is 3. The van der Waals surface area contributed by atoms with Crippen molar-refractivity contribution < 1.29 is 19.1 Å². The van der Waals surface area contributed by atoms with E-state index in [0.717, 1.165) is 11.3 Å². The standard InChI is InChI=1S/C15H17NO4S/c1-9-6-11(15(19)20-3)4-5-13(9)16-8-12(7-14(16)18)21-10(2)17/h4-6,12H,7-8H2,1-3H3. The average molecular weight is 307 g/mol. The maximum Gasteiger partial charge on any atom is 0.337 e. The fourth-order valence-electron chi connectivity index (χ4n) is 2.42. The van der Waals surface area contributed by atoms with E-state index < -0.39 is 5.97 Å². The number of aryl methyl sites for hydroxylation is 1. The molecule has 1 atom stereocenters. The summed E-state index contributed by atoms with van der Waals surface area (Å²) in [6.07, 6.45) is 0.364. The highest BCUT2D eigenvalue weighted by Gasteiger charge is 2.32. The van der Waals surface area contributed by atoms with Gasteiger partial charge in [0.2, 0.25) is 5.91 Å². The molecule has 5 nitrogen and oxygen atoms in total. The van der Waals surface area contributed by atoms with Crippen LogP contribution in [0.25, 0.3) is 0 Å². The van der Waals surface area contributed by atoms with Gasteiger partial charge in [0.15, 0.2) is 5.12 Å². The van der Waals surface area contributed by atoms with E-state index >= 15 is 0 Å². The maximum atomic E-state index is 12.1. The first-order chi connectivity index (χ1) is 9.92. The van der Waals surface area contributed by atoms with Crippen LogP contribution in [0.4, 0.5) is 5.69 Å². The van der Waals surface area contributed by atoms with Gasteiger partial charge in [0.05, 0.1) is 12.7 Å². The van der Waals surface area contributed by atoms with Gasteiger partial charge >= 0.3 is 5.97 Å². The third-order valence-corrected chi connectivity index (χ3v) is 4.31. The molecule has 1 saturated heterocycles. The van der Waals surface area contributed by atoms with Crippen LogP contribution in [0.3, 0.4) is 0 Å². The van der Waals surface area contributed by atoms with Crippen molar-refractivity contribution in [3.05, 3.63) is 29.3 Å². The summed E-state index contributed by atoms with van der Waals surface area (Å²) in [6, 6.07) is 5.10. The van der Waals surface area contributed by atoms with Crippen molar-refractivity contribution in [2.75, 3.05) is 18.6 Å². The number of methoxy groups -OCH3 is 1. The monoisotopic (exact) mass is 307 g/mol. The van der Waals surface area contributed by atoms with E-state index in [1.54, 1.807) is 23.1 Å². The maximum absolute atomic E-state index is 12.1. The second-order valence-electron chi connectivity index (χ2n) is 4.93. The molecule has 1 aromatic rings. The first-order valence-electron chi connectivity index (χ1n) is 6.59. The van der Waals surface area contributed by atoms with Crippen molar-refractivity contribution in [2.45, 2.75) is 25.5 Å². The lowest BCUT2D eigenvalue weighted by Crippen LogP contribution is -2.25. The van der Waals surface area contributed by atoms with Gasteiger partial charge < -0.3 is 9.64 Å². The van der Waals surface area contributed by atoms with Gasteiger partial charge in [-0.1, -0.05) is 11.8 Å². The Morgan fingerprint density at radius 2 is 2.10 bits per heavy atom. The molecular formula is C15H17NO4S. The zero-order valence-corrected chi connectivity index (χ0v) is 13.0. The molecule has 0 bridgehead atoms. The van der Waals surface area contributed by atoms with Crippen molar-refractivity contribution in [3.63, 3.8) is 0 Å². The quantitative estimate of drug-likeness (QED) is 0.801. The molecule has 0 saturated carbocycles. The van der Waals surface area contributed by atoms with Crippen LogP contribution in [-0.4, -0.2) is 35.9 Å². The van der Waals surface area contributed by atoms with Crippen LogP contribution in [0.2, 0.25) is 0 Å². The topological polar surface area (TPSA) is 63.7 Å². The Labute approximate surface area is 127 Å². The van der Waals surface area contributed by atoms with Crippen molar-refractivity contribution in [3.8, 4) is 0 Å². The minimum atomic E-state index is -0.401. The lowest BCUT2D eigenvalue weighted by atomic mass is 10.1. The Kier molecular flexibility index (Phi) is 4.67. The van der Waals surface area contributed by atoms with Gasteiger partial charge in [-0.25, -0.2) is 4.79 Å². The zero-order chi connectivity index (χ0) is 15.6. The number of carbonyl (C=O) groups is 3. The van der Waals surface area contributed by atoms with Crippen molar-refractivity contribution in [2.24, 2.45) is 0 Å². The molecule has 21 heavy (non-hydrogen) atoms. The number of hydrogen-bond donors (Lipinski definition) is 0. The summed E-state index contributed by atoms with van der Waals surface area (Å²) in [4.78, 5) is 36.4. The Morgan fingerprint density at radius 3 is 2.67 bits per heavy atom. The Bertz CT molecular complexity index is 599. The number of anilines is 1. The van der Waals surface area contributed by atoms with E-state index in [1.165, 1.54) is 25.8 Å². The fourth-order valence-corrected chi connectivity index (χ4v) is 3.34. The first-order valence-corrected chi connectivity index (χ1v) is 7.47. The lowest BCUT2D eigenvalue weighted by molar-refractivity contribution is -0.117. The van der Waals surface area contributed by atoms with E-state index in [-0.39, 0.29) is 16.3 Å². The molecule has 6 heteroatoms. The Balaban J connectivity index is 2.20. The van der Waals surface area contributed by atoms with E-state index in [1.807, 2.05) is 6.92 Å². The predicted molar refractivity (Wildman–Crippen MR) is 81.5 cm³/mol. The SMILES string of the molecule is COC(=O)c1ccc(N2CC(SC(C)=O)CC2=O)c(C)c1. The number of rotatable bonds is 3. The van der Waals surface area contributed by atoms with Crippen LogP contribution in [0, 0.1) is 6.92 Å². The fraction of sp³-hybridized carbons (Fsp3) is 0.400. The number of hydrogen-bond acceptors (Lipinski definition) is 5. The minimum Gasteiger partial charge on any atom is -0.465 e. The second-order valence-corrected chi connectivity index (χ2v) is 6.41. The van der Waals surface area contributed by atoms with E-state index in [9.17, 15) is 14.4 Å². The molecule has 0 aliphatic carbocycles. The third kappa shape index (κ3) is 3.44. The van der Waals surface area contributed by atoms with Gasteiger partial charge in [0.1, 0.15) is 0 Å². The summed E-state index contributed by atoms with van der Waals surface area (Å²) >= 11 is 1.21. The highest BCUT2D eigenvalue weighted by atomic mass is 32.2. The van der Waals surface area contributed by atoms with Crippen molar-refractivity contribution >= 4 is 34.4 Å². The molecular weight excluding hydrogens is 290 g/mol. The van der Waals surface area contributed by atoms with Gasteiger partial charge in [-0.05, 0) is 30.7 Å². The molecule has 1 unspecified atom stereocenters. The van der Waals surface area contributed by atoms with Crippen LogP contribution < -0.4 is 4.90 Å². The highest BCUT2D eigenvalue weighted by molar-refractivity contribution is 8.14. The zero-order valence-electron chi connectivity index (χ0n) is 12.2. The number of nitrogens with zero attached hydrogens (tertiary/aromatic N) is 1. The van der Waals surface area contributed by atoms with E-state index in [0.29, 0.717) is 18.5 Å². The molecule has 1 aliphatic heterocycles. The second kappa shape index (κ2) is 6.30. The summed E-state index contributed by atoms with van der Waals surface area (Å²) in [6.45, 7) is 3.87. The normalized spacial score (nSPS) is 18.0. The molecule has 0 aromatic heterocycles. The van der Waals surface area contributed by atoms with Gasteiger partial charge in [-0.3, -0.25) is 9.59 Å². The smallest absolute Gasteiger partial charge is 0.337 e. The largest absolute Gasteiger partial charge is 0.465 e. The molecule has 1 heterocycles. The summed E-state index contributed by atoms with van der Waals surface area (Å²) in [5.41, 5.74) is 2.07. The third-order valence-electron chi connectivity index (χ3n) is 3.33. The van der Waals surface area contributed by atoms with Crippen LogP contribution in [0.1, 0.15) is 29.3 Å². The number of thioether (sulfide) groups is 1. The molecule has 0 radical (unpaired) electrons. The van der Waals surface area contributed by atoms with E-state index in [4.69, 9.17) is 0 Å². The number of ether oxygens (including phenoxy) is 1. The minimum absolute atomic E-state index is 0.00247. The van der Waals surface area contributed by atoms with Crippen molar-refractivity contribution in [1.29, 1.82) is 0 Å². The summed E-state index contributed by atoms with van der Waals surface area (Å²) in [5, 5.41) is 0.0158. The predicted octanol–water partition coefficient (Wildman–Crippen LogP) is 2.17. The van der Waals surface area contributed by atoms with Gasteiger partial charge in [0.25, 0.3) is 0 Å². The van der Waals surface area contributed by atoms with Gasteiger partial charge in [0, 0.05) is 30.8 Å². The van der Waals surface area contributed by atoms with Crippen LogP contribution >= 0.6 is 11.8 Å². The Morgan fingerprint density at radius 1 is 1.38 bits per heavy atom. The number of benzene rings is 1. The summed E-state index contributed by atoms with van der Waals surface area (Å²) < 4.78 is 4.68. The molecule has 0 N–H and O–H groups in total. The average Bonchev–Trinajstić information content (AvgIpc) is 2.77. The van der Waals surface area contributed by atoms with Crippen molar-refractivity contribution in [1.82, 2.24) is 0 Å². The van der Waals surface area contributed by atoms with Crippen LogP contribution in [0.15, 0.2) is 18.2 Å². The lowest BCUT2D eigenvalue weighted by Gasteiger charge is -2.19. The Hall–Kier alpha value is -1.82. The van der Waals surface area contributed by atoms with Gasteiger partial charge in [-0.2, -0.15) is 0 Å². The molecule has 1 aromatic carbocycles. The highest BCUT2D eigenvalue weighted by Crippen LogP contribution is 2.31. The molecule has 1 amide bonds. The molecule has 0 spiro atoms. The number of esters is 1. The summed E-state index contributed by atoms with van der Waals surface area (Å²) in [7, 11) is 1.33. The number of amides is 1. The summed E-state index contributed by atoms with van der Waals surface area (Å²) in [5.74, 6) is -0.398. The molecule has 2 rings (SSSR count). The molecule has 112 valence electrons. The van der Waals surface area contributed by atoms with Crippen LogP contribution in [-0.2, 0) is 14.3 Å².